The number of carbonyl (C=O) groups excluding carboxylic acids is 2. The first-order chi connectivity index (χ1) is 42.6. The van der Waals surface area contributed by atoms with Crippen molar-refractivity contribution in [1.29, 1.82) is 0 Å². The summed E-state index contributed by atoms with van der Waals surface area (Å²) in [5, 5.41) is 9.71. The summed E-state index contributed by atoms with van der Waals surface area (Å²) in [7, 11) is 0. The number of aliphatic hydroxyl groups is 1. The van der Waals surface area contributed by atoms with Gasteiger partial charge >= 0.3 is 11.9 Å². The van der Waals surface area contributed by atoms with Crippen LogP contribution >= 0.6 is 0 Å². The van der Waals surface area contributed by atoms with Crippen molar-refractivity contribution in [2.45, 2.75) is 328 Å². The van der Waals surface area contributed by atoms with Crippen LogP contribution in [0.15, 0.2) is 158 Å². The van der Waals surface area contributed by atoms with Crippen LogP contribution in [-0.4, -0.2) is 36.4 Å². The van der Waals surface area contributed by atoms with Gasteiger partial charge in [-0.3, -0.25) is 9.59 Å². The maximum atomic E-state index is 12.4. The Labute approximate surface area is 532 Å². The van der Waals surface area contributed by atoms with Crippen LogP contribution in [0.25, 0.3) is 0 Å². The van der Waals surface area contributed by atoms with Crippen LogP contribution in [0.2, 0.25) is 0 Å². The van der Waals surface area contributed by atoms with Crippen LogP contribution in [0.3, 0.4) is 0 Å². The number of rotatable bonds is 65. The van der Waals surface area contributed by atoms with Gasteiger partial charge in [0.2, 0.25) is 0 Å². The van der Waals surface area contributed by atoms with Crippen LogP contribution in [0.1, 0.15) is 322 Å². The molecule has 0 saturated heterocycles. The second-order valence-electron chi connectivity index (χ2n) is 23.6. The zero-order valence-electron chi connectivity index (χ0n) is 56.0. The number of carbonyl (C=O) groups is 2. The Balaban J connectivity index is 3.49. The zero-order chi connectivity index (χ0) is 61.9. The van der Waals surface area contributed by atoms with Crippen LogP contribution in [0.4, 0.5) is 0 Å². The summed E-state index contributed by atoms with van der Waals surface area (Å²) in [6, 6.07) is 0. The molecule has 0 aromatic heterocycles. The molecular weight excluding hydrogens is 1050 g/mol. The van der Waals surface area contributed by atoms with Gasteiger partial charge in [0.1, 0.15) is 6.61 Å². The van der Waals surface area contributed by atoms with Crippen LogP contribution < -0.4 is 0 Å². The highest BCUT2D eigenvalue weighted by molar-refractivity contribution is 5.70. The monoisotopic (exact) mass is 1190 g/mol. The first-order valence-electron chi connectivity index (χ1n) is 36.0. The third-order valence-corrected chi connectivity index (χ3v) is 15.3. The summed E-state index contributed by atoms with van der Waals surface area (Å²) in [6.45, 7) is 3.93. The molecule has 86 heavy (non-hydrogen) atoms. The fourth-order valence-corrected chi connectivity index (χ4v) is 10.0. The molecule has 0 radical (unpaired) electrons. The molecule has 1 unspecified atom stereocenters. The lowest BCUT2D eigenvalue weighted by atomic mass is 10.0. The predicted molar refractivity (Wildman–Crippen MR) is 380 cm³/mol. The van der Waals surface area contributed by atoms with E-state index >= 15 is 0 Å². The van der Waals surface area contributed by atoms with Gasteiger partial charge in [0.05, 0.1) is 6.61 Å². The Morgan fingerprint density at radius 2 is 0.465 bits per heavy atom. The molecule has 0 saturated carbocycles. The van der Waals surface area contributed by atoms with Gasteiger partial charge in [-0.15, -0.1) is 0 Å². The molecule has 5 nitrogen and oxygen atoms in total. The number of hydrogen-bond acceptors (Lipinski definition) is 5. The lowest BCUT2D eigenvalue weighted by molar-refractivity contribution is -0.161. The number of allylic oxidation sites excluding steroid dienone is 26. The summed E-state index contributed by atoms with van der Waals surface area (Å²) < 4.78 is 10.8. The highest BCUT2D eigenvalue weighted by Gasteiger charge is 2.16. The van der Waals surface area contributed by atoms with E-state index < -0.39 is 6.10 Å². The van der Waals surface area contributed by atoms with Gasteiger partial charge in [-0.05, 0) is 122 Å². The van der Waals surface area contributed by atoms with Crippen LogP contribution in [0, 0.1) is 0 Å². The van der Waals surface area contributed by atoms with Crippen LogP contribution in [0.5, 0.6) is 0 Å². The molecule has 0 aliphatic heterocycles. The van der Waals surface area contributed by atoms with Gasteiger partial charge in [0.25, 0.3) is 0 Å². The van der Waals surface area contributed by atoms with E-state index in [0.717, 1.165) is 122 Å². The van der Waals surface area contributed by atoms with Gasteiger partial charge < -0.3 is 14.6 Å². The fourth-order valence-electron chi connectivity index (χ4n) is 10.0. The van der Waals surface area contributed by atoms with E-state index in [4.69, 9.17) is 9.47 Å². The van der Waals surface area contributed by atoms with Gasteiger partial charge in [-0.1, -0.05) is 345 Å². The number of esters is 2. The largest absolute Gasteiger partial charge is 0.462 e. The smallest absolute Gasteiger partial charge is 0.306 e. The minimum absolute atomic E-state index is 0.0701. The molecule has 0 aliphatic carbocycles. The van der Waals surface area contributed by atoms with Gasteiger partial charge in [0, 0.05) is 12.8 Å². The number of hydrogen-bond donors (Lipinski definition) is 1. The van der Waals surface area contributed by atoms with Crippen molar-refractivity contribution >= 4 is 11.9 Å². The molecule has 0 aromatic carbocycles. The van der Waals surface area contributed by atoms with Crippen LogP contribution in [-0.2, 0) is 19.1 Å². The number of aliphatic hydroxyl groups excluding tert-OH is 1. The molecule has 0 aliphatic rings. The van der Waals surface area contributed by atoms with E-state index in [0.29, 0.717) is 12.8 Å². The lowest BCUT2D eigenvalue weighted by Gasteiger charge is -2.15. The van der Waals surface area contributed by atoms with Crippen molar-refractivity contribution in [3.05, 3.63) is 158 Å². The van der Waals surface area contributed by atoms with Crippen molar-refractivity contribution in [2.75, 3.05) is 13.2 Å². The molecule has 0 heterocycles. The first-order valence-corrected chi connectivity index (χ1v) is 36.0. The molecule has 5 heteroatoms. The SMILES string of the molecule is CC/C=C\C/C=C\C/C=C\C/C=C\C/C=C\C/C=C\C/C=C\C/C=C\CCCCCCCCCCCCCCCCCCC(=O)OC(CO)COC(=O)CCCCCCCCCCCCCCCCC/C=C\C/C=C\C/C=C\C/C=C\C/C=C\CC. The van der Waals surface area contributed by atoms with E-state index in [1.54, 1.807) is 0 Å². The normalized spacial score (nSPS) is 13.2. The highest BCUT2D eigenvalue weighted by atomic mass is 16.6. The summed E-state index contributed by atoms with van der Waals surface area (Å²) in [4.78, 5) is 24.7. The number of ether oxygens (including phenoxy) is 2. The average molecular weight is 1190 g/mol. The third-order valence-electron chi connectivity index (χ3n) is 15.3. The molecular formula is C81H134O5. The predicted octanol–water partition coefficient (Wildman–Crippen LogP) is 25.4. The molecule has 0 bridgehead atoms. The molecule has 0 spiro atoms. The standard InChI is InChI=1S/C81H134O5/c1-3-5-7-9-11-13-15-17-19-21-23-25-27-29-31-33-35-36-37-38-39-40-41-42-43-44-46-48-50-52-54-56-58-60-62-64-66-68-70-72-74-76-81(84)86-79(77-82)78-85-80(83)75-73-71-69-67-65-63-61-59-57-55-53-51-49-47-45-34-32-30-28-26-24-22-20-18-16-14-12-10-8-6-4-2/h5-8,11-14,17-20,23-26,29-32,35-36,38-39,41-42,79,82H,3-4,9-10,15-16,21-22,27-28,33-34,37,40,43-78H2,1-2H3/b7-5-,8-6-,13-11-,14-12-,19-17-,20-18-,25-23-,26-24-,31-29-,32-30-,36-35-,39-38-,42-41-. The third kappa shape index (κ3) is 72.0. The second kappa shape index (κ2) is 74.8. The maximum Gasteiger partial charge on any atom is 0.306 e. The quantitative estimate of drug-likeness (QED) is 0.0373. The maximum absolute atomic E-state index is 12.4. The average Bonchev–Trinajstić information content (AvgIpc) is 3.54. The van der Waals surface area contributed by atoms with E-state index in [9.17, 15) is 14.7 Å². The van der Waals surface area contributed by atoms with Gasteiger partial charge in [0.15, 0.2) is 6.10 Å². The van der Waals surface area contributed by atoms with Crippen molar-refractivity contribution in [3.8, 4) is 0 Å². The van der Waals surface area contributed by atoms with Gasteiger partial charge in [-0.25, -0.2) is 0 Å². The van der Waals surface area contributed by atoms with E-state index in [1.165, 1.54) is 173 Å². The Bertz CT molecular complexity index is 1830. The Hall–Kier alpha value is -4.48. The Morgan fingerprint density at radius 1 is 0.267 bits per heavy atom. The zero-order valence-corrected chi connectivity index (χ0v) is 56.0. The summed E-state index contributed by atoms with van der Waals surface area (Å²) in [5.41, 5.74) is 0. The Kier molecular flexibility index (Phi) is 70.9. The molecule has 1 N–H and O–H groups in total. The molecule has 488 valence electrons. The first kappa shape index (κ1) is 81.5. The fraction of sp³-hybridized carbons (Fsp3) is 0.654. The molecule has 0 fully saturated rings. The molecule has 1 atom stereocenters. The number of unbranched alkanes of at least 4 members (excludes halogenated alkanes) is 31. The minimum Gasteiger partial charge on any atom is -0.462 e. The van der Waals surface area contributed by atoms with Gasteiger partial charge in [-0.2, -0.15) is 0 Å². The van der Waals surface area contributed by atoms with E-state index in [1.807, 2.05) is 0 Å². The summed E-state index contributed by atoms with van der Waals surface area (Å²) >= 11 is 0. The Morgan fingerprint density at radius 3 is 0.698 bits per heavy atom. The van der Waals surface area contributed by atoms with E-state index in [2.05, 4.69) is 172 Å². The van der Waals surface area contributed by atoms with E-state index in [-0.39, 0.29) is 25.2 Å². The van der Waals surface area contributed by atoms with Crippen molar-refractivity contribution in [1.82, 2.24) is 0 Å². The van der Waals surface area contributed by atoms with Crippen molar-refractivity contribution < 1.29 is 24.2 Å². The van der Waals surface area contributed by atoms with Crippen molar-refractivity contribution in [3.63, 3.8) is 0 Å². The molecule has 0 aromatic rings. The second-order valence-corrected chi connectivity index (χ2v) is 23.6. The summed E-state index contributed by atoms with van der Waals surface area (Å²) in [5.74, 6) is -0.586. The molecule has 0 rings (SSSR count). The topological polar surface area (TPSA) is 72.8 Å². The summed E-state index contributed by atoms with van der Waals surface area (Å²) in [6.07, 6.45) is 114. The lowest BCUT2D eigenvalue weighted by Crippen LogP contribution is -2.28. The highest BCUT2D eigenvalue weighted by Crippen LogP contribution is 2.17. The molecule has 0 amide bonds. The van der Waals surface area contributed by atoms with Crippen molar-refractivity contribution in [2.24, 2.45) is 0 Å². The minimum atomic E-state index is -0.781.